The Morgan fingerprint density at radius 1 is 1.19 bits per heavy atom. The summed E-state index contributed by atoms with van der Waals surface area (Å²) in [4.78, 5) is 10.5. The molecule has 110 valence electrons. The minimum Gasteiger partial charge on any atom is -0.375 e. The molecule has 21 heavy (non-hydrogen) atoms. The number of nitrogens with one attached hydrogen (secondary N) is 1. The Morgan fingerprint density at radius 3 is 2.43 bits per heavy atom. The van der Waals surface area contributed by atoms with E-state index in [0.717, 1.165) is 11.1 Å². The quantitative estimate of drug-likeness (QED) is 0.654. The molecule has 0 heterocycles. The molecular weight excluding hydrogens is 278 g/mol. The van der Waals surface area contributed by atoms with E-state index in [1.807, 2.05) is 0 Å². The van der Waals surface area contributed by atoms with Gasteiger partial charge in [0, 0.05) is 18.2 Å². The number of hydrogen-bond acceptors (Lipinski definition) is 3. The number of nitrogens with zero attached hydrogens (tertiary/aromatic N) is 1. The van der Waals surface area contributed by atoms with Crippen LogP contribution in [0.2, 0.25) is 0 Å². The summed E-state index contributed by atoms with van der Waals surface area (Å²) in [7, 11) is 0. The first-order valence-electron chi connectivity index (χ1n) is 6.33. The Bertz CT molecular complexity index is 643. The molecule has 6 heteroatoms. The fourth-order valence-electron chi connectivity index (χ4n) is 1.92. The average molecular weight is 292 g/mol. The third kappa shape index (κ3) is 3.75. The molecule has 0 aliphatic carbocycles. The summed E-state index contributed by atoms with van der Waals surface area (Å²) >= 11 is 0. The summed E-state index contributed by atoms with van der Waals surface area (Å²) in [6.45, 7) is 2.10. The number of nitro benzene ring substituents is 1. The van der Waals surface area contributed by atoms with Crippen molar-refractivity contribution >= 4 is 11.4 Å². The van der Waals surface area contributed by atoms with Gasteiger partial charge in [0.1, 0.15) is 5.69 Å². The Balaban J connectivity index is 2.11. The Kier molecular flexibility index (Phi) is 4.47. The number of aryl methyl sites for hydroxylation is 1. The van der Waals surface area contributed by atoms with Crippen LogP contribution in [0.3, 0.4) is 0 Å². The van der Waals surface area contributed by atoms with Crippen LogP contribution in [0.4, 0.5) is 20.2 Å². The third-order valence-electron chi connectivity index (χ3n) is 3.06. The van der Waals surface area contributed by atoms with Gasteiger partial charge in [0.05, 0.1) is 4.92 Å². The van der Waals surface area contributed by atoms with Gasteiger partial charge in [-0.1, -0.05) is 30.3 Å². The van der Waals surface area contributed by atoms with Crippen LogP contribution in [0.15, 0.2) is 42.5 Å². The molecule has 0 amide bonds. The van der Waals surface area contributed by atoms with E-state index in [4.69, 9.17) is 0 Å². The van der Waals surface area contributed by atoms with E-state index in [-0.39, 0.29) is 11.3 Å². The zero-order valence-electron chi connectivity index (χ0n) is 11.3. The van der Waals surface area contributed by atoms with Crippen LogP contribution in [0.5, 0.6) is 0 Å². The summed E-state index contributed by atoms with van der Waals surface area (Å²) in [5.74, 6) is 0. The first-order valence-corrected chi connectivity index (χ1v) is 6.33. The maximum absolute atomic E-state index is 12.4. The lowest BCUT2D eigenvalue weighted by molar-refractivity contribution is -0.384. The van der Waals surface area contributed by atoms with Crippen LogP contribution in [-0.4, -0.2) is 4.92 Å². The van der Waals surface area contributed by atoms with Gasteiger partial charge < -0.3 is 5.32 Å². The molecule has 2 aromatic carbocycles. The average Bonchev–Trinajstić information content (AvgIpc) is 2.46. The summed E-state index contributed by atoms with van der Waals surface area (Å²) in [6.07, 6.45) is -2.50. The zero-order valence-corrected chi connectivity index (χ0v) is 11.3. The number of hydrogen-bond donors (Lipinski definition) is 1. The van der Waals surface area contributed by atoms with E-state index in [9.17, 15) is 18.9 Å². The van der Waals surface area contributed by atoms with Crippen molar-refractivity contribution in [3.05, 3.63) is 69.3 Å². The minimum absolute atomic E-state index is 0.000740. The zero-order chi connectivity index (χ0) is 15.4. The van der Waals surface area contributed by atoms with Crippen LogP contribution in [-0.2, 0) is 6.54 Å². The highest BCUT2D eigenvalue weighted by Gasteiger charge is 2.13. The van der Waals surface area contributed by atoms with Crippen molar-refractivity contribution in [2.75, 3.05) is 5.32 Å². The number of rotatable bonds is 5. The second kappa shape index (κ2) is 6.30. The Labute approximate surface area is 120 Å². The monoisotopic (exact) mass is 292 g/mol. The Morgan fingerprint density at radius 2 is 1.86 bits per heavy atom. The van der Waals surface area contributed by atoms with Gasteiger partial charge in [-0.15, -0.1) is 0 Å². The molecule has 0 saturated carbocycles. The molecule has 0 saturated heterocycles. The lowest BCUT2D eigenvalue weighted by Gasteiger charge is -2.08. The second-order valence-electron chi connectivity index (χ2n) is 4.67. The van der Waals surface area contributed by atoms with Crippen molar-refractivity contribution in [2.45, 2.75) is 19.9 Å². The molecule has 0 unspecified atom stereocenters. The van der Waals surface area contributed by atoms with Gasteiger partial charge in [0.25, 0.3) is 12.1 Å². The minimum atomic E-state index is -2.50. The topological polar surface area (TPSA) is 55.2 Å². The van der Waals surface area contributed by atoms with Gasteiger partial charge in [0.2, 0.25) is 0 Å². The predicted molar refractivity (Wildman–Crippen MR) is 76.6 cm³/mol. The smallest absolute Gasteiger partial charge is 0.292 e. The van der Waals surface area contributed by atoms with Crippen molar-refractivity contribution in [3.63, 3.8) is 0 Å². The van der Waals surface area contributed by atoms with Crippen LogP contribution >= 0.6 is 0 Å². The van der Waals surface area contributed by atoms with Crippen LogP contribution in [0.25, 0.3) is 0 Å². The number of alkyl halides is 2. The lowest BCUT2D eigenvalue weighted by atomic mass is 10.1. The summed E-state index contributed by atoms with van der Waals surface area (Å²) in [5, 5.41) is 13.9. The molecule has 1 N–H and O–H groups in total. The standard InChI is InChI=1S/C15H14F2N2O2/c1-10-2-7-13(14(8-10)19(20)21)18-9-11-3-5-12(6-4-11)15(16)17/h2-8,15,18H,9H2,1H3. The molecule has 0 aromatic heterocycles. The molecule has 4 nitrogen and oxygen atoms in total. The number of nitro groups is 1. The molecule has 0 bridgehead atoms. The van der Waals surface area contributed by atoms with Crippen molar-refractivity contribution in [1.82, 2.24) is 0 Å². The van der Waals surface area contributed by atoms with Crippen molar-refractivity contribution in [2.24, 2.45) is 0 Å². The number of anilines is 1. The van der Waals surface area contributed by atoms with Crippen LogP contribution in [0.1, 0.15) is 23.1 Å². The van der Waals surface area contributed by atoms with Gasteiger partial charge in [-0.2, -0.15) is 0 Å². The normalized spacial score (nSPS) is 10.7. The van der Waals surface area contributed by atoms with E-state index in [2.05, 4.69) is 5.32 Å². The third-order valence-corrected chi connectivity index (χ3v) is 3.06. The van der Waals surface area contributed by atoms with Gasteiger partial charge >= 0.3 is 0 Å². The molecule has 0 atom stereocenters. The van der Waals surface area contributed by atoms with Gasteiger partial charge in [-0.3, -0.25) is 10.1 Å². The highest BCUT2D eigenvalue weighted by molar-refractivity contribution is 5.62. The largest absolute Gasteiger partial charge is 0.375 e. The molecule has 0 fully saturated rings. The molecule has 0 aliphatic rings. The molecule has 0 radical (unpaired) electrons. The molecule has 2 rings (SSSR count). The second-order valence-corrected chi connectivity index (χ2v) is 4.67. The van der Waals surface area contributed by atoms with Gasteiger partial charge in [0.15, 0.2) is 0 Å². The predicted octanol–water partition coefficient (Wildman–Crippen LogP) is 4.45. The first kappa shape index (κ1) is 14.9. The maximum Gasteiger partial charge on any atom is 0.292 e. The summed E-state index contributed by atoms with van der Waals surface area (Å²) < 4.78 is 24.9. The highest BCUT2D eigenvalue weighted by Crippen LogP contribution is 2.26. The first-order chi connectivity index (χ1) is 9.97. The lowest BCUT2D eigenvalue weighted by Crippen LogP contribution is -2.03. The fourth-order valence-corrected chi connectivity index (χ4v) is 1.92. The van der Waals surface area contributed by atoms with E-state index in [0.29, 0.717) is 12.2 Å². The fraction of sp³-hybridized carbons (Fsp3) is 0.200. The highest BCUT2D eigenvalue weighted by atomic mass is 19.3. The SMILES string of the molecule is Cc1ccc(NCc2ccc(C(F)F)cc2)c([N+](=O)[O-])c1. The van der Waals surface area contributed by atoms with Crippen molar-refractivity contribution < 1.29 is 13.7 Å². The van der Waals surface area contributed by atoms with Crippen LogP contribution in [0, 0.1) is 17.0 Å². The molecule has 0 spiro atoms. The van der Waals surface area contributed by atoms with E-state index in [1.54, 1.807) is 31.2 Å². The van der Waals surface area contributed by atoms with E-state index < -0.39 is 11.3 Å². The van der Waals surface area contributed by atoms with Gasteiger partial charge in [-0.25, -0.2) is 8.78 Å². The number of benzene rings is 2. The summed E-state index contributed by atoms with van der Waals surface area (Å²) in [5.41, 5.74) is 1.94. The van der Waals surface area contributed by atoms with Crippen molar-refractivity contribution in [3.8, 4) is 0 Å². The van der Waals surface area contributed by atoms with Crippen molar-refractivity contribution in [1.29, 1.82) is 0 Å². The van der Waals surface area contributed by atoms with Crippen LogP contribution < -0.4 is 5.32 Å². The van der Waals surface area contributed by atoms with Gasteiger partial charge in [-0.05, 0) is 24.1 Å². The number of halogens is 2. The molecule has 2 aromatic rings. The Hall–Kier alpha value is -2.50. The van der Waals surface area contributed by atoms with E-state index in [1.165, 1.54) is 18.2 Å². The maximum atomic E-state index is 12.4. The summed E-state index contributed by atoms with van der Waals surface area (Å²) in [6, 6.07) is 10.8. The molecular formula is C15H14F2N2O2. The van der Waals surface area contributed by atoms with E-state index >= 15 is 0 Å². The molecule has 0 aliphatic heterocycles.